The second kappa shape index (κ2) is 6.33. The molecule has 0 aliphatic carbocycles. The molecular formula is C16H19F2NO2. The van der Waals surface area contributed by atoms with Gasteiger partial charge in [-0.3, -0.25) is 14.9 Å². The van der Waals surface area contributed by atoms with Crippen LogP contribution < -0.4 is 5.32 Å². The molecule has 2 unspecified atom stereocenters. The molecule has 1 saturated heterocycles. The highest BCUT2D eigenvalue weighted by Gasteiger charge is 2.37. The lowest BCUT2D eigenvalue weighted by atomic mass is 9.76. The van der Waals surface area contributed by atoms with Crippen LogP contribution in [-0.4, -0.2) is 11.8 Å². The highest BCUT2D eigenvalue weighted by molar-refractivity contribution is 5.99. The van der Waals surface area contributed by atoms with E-state index in [-0.39, 0.29) is 41.6 Å². The summed E-state index contributed by atoms with van der Waals surface area (Å²) in [4.78, 5) is 23.7. The molecule has 0 saturated carbocycles. The Bertz CT molecular complexity index is 543. The van der Waals surface area contributed by atoms with E-state index in [1.54, 1.807) is 12.1 Å². The van der Waals surface area contributed by atoms with Crippen LogP contribution in [0, 0.1) is 11.8 Å². The molecule has 1 aromatic rings. The van der Waals surface area contributed by atoms with Crippen LogP contribution in [0.1, 0.15) is 50.2 Å². The van der Waals surface area contributed by atoms with Crippen molar-refractivity contribution in [2.45, 2.75) is 39.0 Å². The first-order valence-corrected chi connectivity index (χ1v) is 7.10. The fourth-order valence-corrected chi connectivity index (χ4v) is 2.86. The summed E-state index contributed by atoms with van der Waals surface area (Å²) in [6.45, 7) is 3.99. The molecule has 0 bridgehead atoms. The normalized spacial score (nSPS) is 22.8. The third kappa shape index (κ3) is 3.65. The number of carbonyl (C=O) groups is 2. The van der Waals surface area contributed by atoms with Crippen LogP contribution in [0.3, 0.4) is 0 Å². The molecule has 1 aromatic carbocycles. The van der Waals surface area contributed by atoms with Gasteiger partial charge in [0.1, 0.15) is 0 Å². The van der Waals surface area contributed by atoms with Crippen molar-refractivity contribution in [3.63, 3.8) is 0 Å². The number of piperidine rings is 1. The van der Waals surface area contributed by atoms with Crippen LogP contribution in [0.2, 0.25) is 0 Å². The van der Waals surface area contributed by atoms with Gasteiger partial charge in [0.2, 0.25) is 11.8 Å². The van der Waals surface area contributed by atoms with E-state index in [9.17, 15) is 18.4 Å². The molecular weight excluding hydrogens is 276 g/mol. The number of carbonyl (C=O) groups excluding carboxylic acids is 2. The molecule has 1 heterocycles. The predicted octanol–water partition coefficient (Wildman–Crippen LogP) is 3.42. The largest absolute Gasteiger partial charge is 0.296 e. The number of rotatable bonds is 4. The first-order valence-electron chi connectivity index (χ1n) is 7.10. The molecule has 0 spiro atoms. The van der Waals surface area contributed by atoms with Crippen molar-refractivity contribution >= 4 is 11.8 Å². The van der Waals surface area contributed by atoms with Crippen molar-refractivity contribution in [2.24, 2.45) is 11.8 Å². The number of benzene rings is 1. The lowest BCUT2D eigenvalue weighted by molar-refractivity contribution is -0.137. The minimum atomic E-state index is -2.55. The van der Waals surface area contributed by atoms with E-state index in [0.29, 0.717) is 12.0 Å². The van der Waals surface area contributed by atoms with Crippen molar-refractivity contribution in [3.05, 3.63) is 35.4 Å². The smallest absolute Gasteiger partial charge is 0.263 e. The van der Waals surface area contributed by atoms with Crippen molar-refractivity contribution in [1.82, 2.24) is 5.32 Å². The summed E-state index contributed by atoms with van der Waals surface area (Å²) in [5, 5.41) is 2.35. The van der Waals surface area contributed by atoms with Gasteiger partial charge < -0.3 is 0 Å². The molecule has 0 aromatic heterocycles. The minimum Gasteiger partial charge on any atom is -0.296 e. The van der Waals surface area contributed by atoms with Gasteiger partial charge in [-0.05, 0) is 24.0 Å². The van der Waals surface area contributed by atoms with Crippen molar-refractivity contribution in [2.75, 3.05) is 0 Å². The Kier molecular flexibility index (Phi) is 4.70. The summed E-state index contributed by atoms with van der Waals surface area (Å²) in [6, 6.07) is 6.04. The molecule has 1 aliphatic heterocycles. The van der Waals surface area contributed by atoms with Gasteiger partial charge in [-0.1, -0.05) is 32.0 Å². The summed E-state index contributed by atoms with van der Waals surface area (Å²) in [7, 11) is 0. The Morgan fingerprint density at radius 2 is 2.00 bits per heavy atom. The molecule has 114 valence electrons. The predicted molar refractivity (Wildman–Crippen MR) is 74.9 cm³/mol. The number of amides is 2. The highest BCUT2D eigenvalue weighted by Crippen LogP contribution is 2.36. The number of halogens is 2. The molecule has 1 fully saturated rings. The van der Waals surface area contributed by atoms with Crippen molar-refractivity contribution in [3.8, 4) is 0 Å². The molecule has 3 nitrogen and oxygen atoms in total. The maximum absolute atomic E-state index is 12.8. The Morgan fingerprint density at radius 1 is 1.29 bits per heavy atom. The zero-order valence-corrected chi connectivity index (χ0v) is 12.1. The minimum absolute atomic E-state index is 0.0748. The zero-order valence-electron chi connectivity index (χ0n) is 12.1. The van der Waals surface area contributed by atoms with E-state index in [2.05, 4.69) is 5.32 Å². The van der Waals surface area contributed by atoms with Crippen molar-refractivity contribution in [1.29, 1.82) is 0 Å². The van der Waals surface area contributed by atoms with Gasteiger partial charge >= 0.3 is 0 Å². The first-order chi connectivity index (χ1) is 9.88. The molecule has 5 heteroatoms. The fraction of sp³-hybridized carbons (Fsp3) is 0.500. The van der Waals surface area contributed by atoms with Crippen molar-refractivity contribution < 1.29 is 18.4 Å². The van der Waals surface area contributed by atoms with Crippen LogP contribution in [0.5, 0.6) is 0 Å². The lowest BCUT2D eigenvalue weighted by Gasteiger charge is -2.31. The zero-order chi connectivity index (χ0) is 15.6. The van der Waals surface area contributed by atoms with Crippen LogP contribution >= 0.6 is 0 Å². The number of alkyl halides is 2. The SMILES string of the molecule is CC(C)CC1C(=O)NC(=O)CC1c1cccc(C(F)F)c1. The van der Waals surface area contributed by atoms with Gasteiger partial charge in [0.15, 0.2) is 0 Å². The van der Waals surface area contributed by atoms with E-state index in [1.165, 1.54) is 12.1 Å². The standard InChI is InChI=1S/C16H19F2NO2/c1-9(2)6-13-12(8-14(20)19-16(13)21)10-4-3-5-11(7-10)15(17)18/h3-5,7,9,12-13,15H,6,8H2,1-2H3,(H,19,20,21). The van der Waals surface area contributed by atoms with Gasteiger partial charge in [-0.25, -0.2) is 8.78 Å². The molecule has 0 radical (unpaired) electrons. The fourth-order valence-electron chi connectivity index (χ4n) is 2.86. The van der Waals surface area contributed by atoms with Crippen LogP contribution in [0.4, 0.5) is 8.78 Å². The van der Waals surface area contributed by atoms with E-state index < -0.39 is 6.43 Å². The van der Waals surface area contributed by atoms with Gasteiger partial charge in [-0.2, -0.15) is 0 Å². The summed E-state index contributed by atoms with van der Waals surface area (Å²) < 4.78 is 25.7. The first kappa shape index (κ1) is 15.6. The summed E-state index contributed by atoms with van der Waals surface area (Å²) in [5.41, 5.74) is 0.566. The Hall–Kier alpha value is -1.78. The summed E-state index contributed by atoms with van der Waals surface area (Å²) in [6.07, 6.45) is -1.76. The molecule has 1 N–H and O–H groups in total. The van der Waals surface area contributed by atoms with Gasteiger partial charge in [-0.15, -0.1) is 0 Å². The van der Waals surface area contributed by atoms with Crippen LogP contribution in [-0.2, 0) is 9.59 Å². The second-order valence-corrected chi connectivity index (χ2v) is 5.93. The maximum atomic E-state index is 12.8. The van der Waals surface area contributed by atoms with E-state index >= 15 is 0 Å². The molecule has 21 heavy (non-hydrogen) atoms. The van der Waals surface area contributed by atoms with Crippen LogP contribution in [0.25, 0.3) is 0 Å². The topological polar surface area (TPSA) is 46.2 Å². The quantitative estimate of drug-likeness (QED) is 0.865. The molecule has 2 rings (SSSR count). The van der Waals surface area contributed by atoms with E-state index in [1.807, 2.05) is 13.8 Å². The third-order valence-electron chi connectivity index (χ3n) is 3.81. The number of nitrogens with one attached hydrogen (secondary N) is 1. The molecule has 2 atom stereocenters. The average molecular weight is 295 g/mol. The Labute approximate surface area is 122 Å². The molecule has 2 amide bonds. The van der Waals surface area contributed by atoms with Gasteiger partial charge in [0.05, 0.1) is 0 Å². The molecule has 1 aliphatic rings. The third-order valence-corrected chi connectivity index (χ3v) is 3.81. The lowest BCUT2D eigenvalue weighted by Crippen LogP contribution is -2.45. The van der Waals surface area contributed by atoms with Crippen LogP contribution in [0.15, 0.2) is 24.3 Å². The maximum Gasteiger partial charge on any atom is 0.263 e. The van der Waals surface area contributed by atoms with Gasteiger partial charge in [0, 0.05) is 23.8 Å². The van der Waals surface area contributed by atoms with E-state index in [4.69, 9.17) is 0 Å². The number of hydrogen-bond acceptors (Lipinski definition) is 2. The average Bonchev–Trinajstić information content (AvgIpc) is 2.41. The number of hydrogen-bond donors (Lipinski definition) is 1. The Balaban J connectivity index is 2.34. The van der Waals surface area contributed by atoms with Gasteiger partial charge in [0.25, 0.3) is 6.43 Å². The Morgan fingerprint density at radius 3 is 2.62 bits per heavy atom. The number of imide groups is 1. The highest BCUT2D eigenvalue weighted by atomic mass is 19.3. The monoisotopic (exact) mass is 295 g/mol. The van der Waals surface area contributed by atoms with E-state index in [0.717, 1.165) is 0 Å². The summed E-state index contributed by atoms with van der Waals surface area (Å²) >= 11 is 0. The summed E-state index contributed by atoms with van der Waals surface area (Å²) in [5.74, 6) is -1.03. The second-order valence-electron chi connectivity index (χ2n) is 5.93.